The molecule has 2 heterocycles. The highest BCUT2D eigenvalue weighted by molar-refractivity contribution is 5.93. The number of nitrogens with zero attached hydrogens (tertiary/aromatic N) is 4. The SMILES string of the molecule is CCN(CC)C(CNC(=O)c1ccc(-n2ccnc2)nc1)c1cccc(OC)c1. The van der Waals surface area contributed by atoms with Gasteiger partial charge in [-0.3, -0.25) is 14.3 Å². The molecule has 2 aromatic heterocycles. The molecule has 0 saturated heterocycles. The molecule has 29 heavy (non-hydrogen) atoms. The molecule has 0 fully saturated rings. The number of amides is 1. The fraction of sp³-hybridized carbons (Fsp3) is 0.318. The molecule has 0 spiro atoms. The Balaban J connectivity index is 1.72. The Kier molecular flexibility index (Phi) is 6.97. The second kappa shape index (κ2) is 9.84. The van der Waals surface area contributed by atoms with E-state index in [1.807, 2.05) is 24.4 Å². The normalized spacial score (nSPS) is 12.0. The summed E-state index contributed by atoms with van der Waals surface area (Å²) >= 11 is 0. The summed E-state index contributed by atoms with van der Waals surface area (Å²) in [5.74, 6) is 1.39. The lowest BCUT2D eigenvalue weighted by atomic mass is 10.0. The number of carbonyl (C=O) groups is 1. The number of pyridine rings is 1. The molecule has 1 unspecified atom stereocenters. The van der Waals surface area contributed by atoms with Gasteiger partial charge in [-0.25, -0.2) is 9.97 Å². The average molecular weight is 393 g/mol. The molecule has 0 aliphatic carbocycles. The zero-order chi connectivity index (χ0) is 20.6. The molecule has 152 valence electrons. The van der Waals surface area contributed by atoms with Crippen molar-refractivity contribution in [2.45, 2.75) is 19.9 Å². The topological polar surface area (TPSA) is 72.3 Å². The van der Waals surface area contributed by atoms with Crippen molar-refractivity contribution in [2.75, 3.05) is 26.7 Å². The molecule has 0 radical (unpaired) electrons. The summed E-state index contributed by atoms with van der Waals surface area (Å²) < 4.78 is 7.16. The molecule has 1 aromatic carbocycles. The number of aromatic nitrogens is 3. The first-order valence-corrected chi connectivity index (χ1v) is 9.76. The average Bonchev–Trinajstić information content (AvgIpc) is 3.31. The van der Waals surface area contributed by atoms with Gasteiger partial charge in [0.05, 0.1) is 18.7 Å². The lowest BCUT2D eigenvalue weighted by Crippen LogP contribution is -2.38. The number of rotatable bonds is 9. The van der Waals surface area contributed by atoms with Crippen LogP contribution in [0.3, 0.4) is 0 Å². The standard InChI is InChI=1S/C22H27N5O2/c1-4-26(5-2)20(17-7-6-8-19(13-17)29-3)15-25-22(28)18-9-10-21(24-14-18)27-12-11-23-16-27/h6-14,16,20H,4-5,15H2,1-3H3,(H,25,28). The highest BCUT2D eigenvalue weighted by atomic mass is 16.5. The van der Waals surface area contributed by atoms with Gasteiger partial charge in [-0.2, -0.15) is 0 Å². The third kappa shape index (κ3) is 5.00. The zero-order valence-electron chi connectivity index (χ0n) is 17.1. The summed E-state index contributed by atoms with van der Waals surface area (Å²) in [5.41, 5.74) is 1.64. The van der Waals surface area contributed by atoms with Crippen molar-refractivity contribution in [3.05, 3.63) is 72.4 Å². The van der Waals surface area contributed by atoms with E-state index in [4.69, 9.17) is 4.74 Å². The maximum atomic E-state index is 12.7. The van der Waals surface area contributed by atoms with Crippen LogP contribution in [0.2, 0.25) is 0 Å². The van der Waals surface area contributed by atoms with E-state index in [1.165, 1.54) is 0 Å². The third-order valence-corrected chi connectivity index (χ3v) is 4.97. The van der Waals surface area contributed by atoms with Crippen molar-refractivity contribution >= 4 is 5.91 Å². The molecule has 7 nitrogen and oxygen atoms in total. The number of benzene rings is 1. The van der Waals surface area contributed by atoms with Gasteiger partial charge < -0.3 is 10.1 Å². The number of ether oxygens (including phenoxy) is 1. The van der Waals surface area contributed by atoms with Gasteiger partial charge >= 0.3 is 0 Å². The summed E-state index contributed by atoms with van der Waals surface area (Å²) in [5, 5.41) is 3.06. The van der Waals surface area contributed by atoms with Crippen LogP contribution < -0.4 is 10.1 Å². The monoisotopic (exact) mass is 393 g/mol. The van der Waals surface area contributed by atoms with Crippen molar-refractivity contribution in [1.82, 2.24) is 24.8 Å². The van der Waals surface area contributed by atoms with Crippen LogP contribution in [0.4, 0.5) is 0 Å². The van der Waals surface area contributed by atoms with Gasteiger partial charge in [0.25, 0.3) is 5.91 Å². The van der Waals surface area contributed by atoms with Gasteiger partial charge in [0.1, 0.15) is 17.9 Å². The molecule has 3 rings (SSSR count). The molecule has 1 atom stereocenters. The number of hydrogen-bond acceptors (Lipinski definition) is 5. The summed E-state index contributed by atoms with van der Waals surface area (Å²) in [7, 11) is 1.66. The molecule has 0 saturated carbocycles. The minimum absolute atomic E-state index is 0.0576. The summed E-state index contributed by atoms with van der Waals surface area (Å²) in [6, 6.07) is 11.6. The van der Waals surface area contributed by atoms with Gasteiger partial charge in [-0.1, -0.05) is 26.0 Å². The Bertz CT molecular complexity index is 905. The van der Waals surface area contributed by atoms with Gasteiger partial charge in [-0.15, -0.1) is 0 Å². The van der Waals surface area contributed by atoms with Gasteiger partial charge in [0.2, 0.25) is 0 Å². The van der Waals surface area contributed by atoms with E-state index in [0.29, 0.717) is 12.1 Å². The van der Waals surface area contributed by atoms with E-state index >= 15 is 0 Å². The second-order valence-corrected chi connectivity index (χ2v) is 6.60. The minimum Gasteiger partial charge on any atom is -0.497 e. The van der Waals surface area contributed by atoms with Crippen LogP contribution in [0.25, 0.3) is 5.82 Å². The van der Waals surface area contributed by atoms with Crippen molar-refractivity contribution in [1.29, 1.82) is 0 Å². The Morgan fingerprint density at radius 2 is 2.07 bits per heavy atom. The lowest BCUT2D eigenvalue weighted by Gasteiger charge is -2.30. The number of hydrogen-bond donors (Lipinski definition) is 1. The van der Waals surface area contributed by atoms with Crippen LogP contribution in [0, 0.1) is 0 Å². The number of imidazole rings is 1. The molecule has 7 heteroatoms. The highest BCUT2D eigenvalue weighted by Crippen LogP contribution is 2.24. The number of nitrogens with one attached hydrogen (secondary N) is 1. The maximum absolute atomic E-state index is 12.7. The Morgan fingerprint density at radius 1 is 1.24 bits per heavy atom. The predicted octanol–water partition coefficient (Wildman–Crippen LogP) is 3.09. The van der Waals surface area contributed by atoms with Crippen LogP contribution in [0.1, 0.15) is 35.8 Å². The van der Waals surface area contributed by atoms with Crippen molar-refractivity contribution in [3.63, 3.8) is 0 Å². The van der Waals surface area contributed by atoms with Crippen LogP contribution in [-0.2, 0) is 0 Å². The number of carbonyl (C=O) groups excluding carboxylic acids is 1. The van der Waals surface area contributed by atoms with E-state index in [-0.39, 0.29) is 11.9 Å². The summed E-state index contributed by atoms with van der Waals surface area (Å²) in [6.45, 7) is 6.51. The van der Waals surface area contributed by atoms with Crippen LogP contribution in [0.15, 0.2) is 61.3 Å². The summed E-state index contributed by atoms with van der Waals surface area (Å²) in [4.78, 5) is 23.4. The van der Waals surface area contributed by atoms with Gasteiger partial charge in [0, 0.05) is 25.1 Å². The molecule has 0 aliphatic rings. The van der Waals surface area contributed by atoms with E-state index in [1.54, 1.807) is 42.5 Å². The minimum atomic E-state index is -0.144. The smallest absolute Gasteiger partial charge is 0.252 e. The Labute approximate surface area is 171 Å². The van der Waals surface area contributed by atoms with Crippen molar-refractivity contribution < 1.29 is 9.53 Å². The molecular weight excluding hydrogens is 366 g/mol. The Morgan fingerprint density at radius 3 is 2.69 bits per heavy atom. The largest absolute Gasteiger partial charge is 0.497 e. The molecule has 0 aliphatic heterocycles. The molecular formula is C22H27N5O2. The quantitative estimate of drug-likeness (QED) is 0.605. The fourth-order valence-corrected chi connectivity index (χ4v) is 3.33. The first kappa shape index (κ1) is 20.5. The molecule has 1 amide bonds. The maximum Gasteiger partial charge on any atom is 0.252 e. The third-order valence-electron chi connectivity index (χ3n) is 4.97. The van der Waals surface area contributed by atoms with E-state index in [2.05, 4.69) is 40.1 Å². The molecule has 0 bridgehead atoms. The van der Waals surface area contributed by atoms with Gasteiger partial charge in [0.15, 0.2) is 0 Å². The number of likely N-dealkylation sites (N-methyl/N-ethyl adjacent to an activating group) is 1. The lowest BCUT2D eigenvalue weighted by molar-refractivity contribution is 0.0934. The molecule has 1 N–H and O–H groups in total. The second-order valence-electron chi connectivity index (χ2n) is 6.60. The van der Waals surface area contributed by atoms with E-state index in [9.17, 15) is 4.79 Å². The fourth-order valence-electron chi connectivity index (χ4n) is 3.33. The van der Waals surface area contributed by atoms with E-state index < -0.39 is 0 Å². The van der Waals surface area contributed by atoms with Crippen LogP contribution in [0.5, 0.6) is 5.75 Å². The predicted molar refractivity (Wildman–Crippen MR) is 112 cm³/mol. The van der Waals surface area contributed by atoms with Crippen LogP contribution in [-0.4, -0.2) is 52.1 Å². The van der Waals surface area contributed by atoms with Crippen LogP contribution >= 0.6 is 0 Å². The first-order valence-electron chi connectivity index (χ1n) is 9.76. The first-order chi connectivity index (χ1) is 14.2. The summed E-state index contributed by atoms with van der Waals surface area (Å²) in [6.07, 6.45) is 6.76. The zero-order valence-corrected chi connectivity index (χ0v) is 17.1. The van der Waals surface area contributed by atoms with E-state index in [0.717, 1.165) is 30.2 Å². The van der Waals surface area contributed by atoms with Crippen molar-refractivity contribution in [3.8, 4) is 11.6 Å². The highest BCUT2D eigenvalue weighted by Gasteiger charge is 2.20. The van der Waals surface area contributed by atoms with Gasteiger partial charge in [-0.05, 0) is 42.9 Å². The van der Waals surface area contributed by atoms with Crippen molar-refractivity contribution in [2.24, 2.45) is 0 Å². The Hall–Kier alpha value is -3.19. The number of methoxy groups -OCH3 is 1. The molecule has 3 aromatic rings.